The van der Waals surface area contributed by atoms with Crippen LogP contribution in [0.4, 0.5) is 0 Å². The van der Waals surface area contributed by atoms with Gasteiger partial charge in [0, 0.05) is 10.1 Å². The maximum Gasteiger partial charge on any atom is 0.133 e. The number of nitrogens with one attached hydrogen (secondary N) is 1. The average molecular weight is 272 g/mol. The number of nitrogen functional groups attached to an aromatic ring is 1. The predicted octanol–water partition coefficient (Wildman–Crippen LogP) is 4.78. The summed E-state index contributed by atoms with van der Waals surface area (Å²) >= 11 is 1.58. The third kappa shape index (κ3) is 3.44. The third-order valence-corrected chi connectivity index (χ3v) is 4.27. The van der Waals surface area contributed by atoms with Gasteiger partial charge >= 0.3 is 0 Å². The molecule has 0 fully saturated rings. The maximum absolute atomic E-state index is 7.52. The highest BCUT2D eigenvalue weighted by molar-refractivity contribution is 7.20. The molecule has 19 heavy (non-hydrogen) atoms. The standard InChI is InChI=1S/C16H20N2S/c1-2-3-4-5-6-8-12-9-7-10-14-13(12)11-15(19-14)16(17)18/h6-11H,2-5H2,1H3,(H3,17,18). The highest BCUT2D eigenvalue weighted by Gasteiger charge is 2.06. The zero-order valence-corrected chi connectivity index (χ0v) is 12.1. The lowest BCUT2D eigenvalue weighted by Crippen LogP contribution is -2.08. The van der Waals surface area contributed by atoms with Crippen LogP contribution < -0.4 is 5.73 Å². The Morgan fingerprint density at radius 2 is 2.21 bits per heavy atom. The SMILES string of the molecule is CCCCCC=Cc1cccc2sc(C(=N)N)cc12. The first-order chi connectivity index (χ1) is 9.22. The Bertz CT molecular complexity index is 596. The fourth-order valence-corrected chi connectivity index (χ4v) is 3.04. The molecule has 0 aliphatic rings. The lowest BCUT2D eigenvalue weighted by Gasteiger charge is -1.96. The Labute approximate surface area is 118 Å². The molecule has 0 aliphatic heterocycles. The molecule has 1 aromatic heterocycles. The molecule has 100 valence electrons. The van der Waals surface area contributed by atoms with Crippen molar-refractivity contribution in [2.24, 2.45) is 5.73 Å². The summed E-state index contributed by atoms with van der Waals surface area (Å²) in [6, 6.07) is 8.29. The first-order valence-electron chi connectivity index (χ1n) is 6.76. The molecule has 0 radical (unpaired) electrons. The van der Waals surface area contributed by atoms with E-state index in [1.807, 2.05) is 6.07 Å². The van der Waals surface area contributed by atoms with Crippen LogP contribution >= 0.6 is 11.3 Å². The molecule has 0 saturated heterocycles. The topological polar surface area (TPSA) is 49.9 Å². The van der Waals surface area contributed by atoms with Gasteiger partial charge in [-0.1, -0.05) is 44.1 Å². The van der Waals surface area contributed by atoms with Gasteiger partial charge in [-0.25, -0.2) is 0 Å². The van der Waals surface area contributed by atoms with E-state index in [0.717, 1.165) is 11.3 Å². The molecule has 0 atom stereocenters. The Hall–Kier alpha value is -1.61. The van der Waals surface area contributed by atoms with Gasteiger partial charge < -0.3 is 5.73 Å². The van der Waals surface area contributed by atoms with E-state index < -0.39 is 0 Å². The van der Waals surface area contributed by atoms with Gasteiger partial charge in [-0.3, -0.25) is 5.41 Å². The second kappa shape index (κ2) is 6.53. The highest BCUT2D eigenvalue weighted by Crippen LogP contribution is 2.29. The lowest BCUT2D eigenvalue weighted by atomic mass is 10.1. The Morgan fingerprint density at radius 3 is 2.95 bits per heavy atom. The summed E-state index contributed by atoms with van der Waals surface area (Å²) in [5, 5.41) is 8.72. The molecule has 2 rings (SSSR count). The number of rotatable bonds is 6. The van der Waals surface area contributed by atoms with Gasteiger partial charge in [-0.15, -0.1) is 11.3 Å². The second-order valence-electron chi connectivity index (χ2n) is 4.68. The molecular formula is C16H20N2S. The van der Waals surface area contributed by atoms with Gasteiger partial charge in [0.2, 0.25) is 0 Å². The molecular weight excluding hydrogens is 252 g/mol. The van der Waals surface area contributed by atoms with Gasteiger partial charge in [0.05, 0.1) is 4.88 Å². The van der Waals surface area contributed by atoms with E-state index in [1.54, 1.807) is 11.3 Å². The van der Waals surface area contributed by atoms with Crippen LogP contribution in [-0.4, -0.2) is 5.84 Å². The number of unbranched alkanes of at least 4 members (excludes halogenated alkanes) is 3. The monoisotopic (exact) mass is 272 g/mol. The van der Waals surface area contributed by atoms with Crippen molar-refractivity contribution in [2.45, 2.75) is 32.6 Å². The van der Waals surface area contributed by atoms with Crippen LogP contribution in [0.5, 0.6) is 0 Å². The first kappa shape index (κ1) is 13.8. The summed E-state index contributed by atoms with van der Waals surface area (Å²) in [6.45, 7) is 2.22. The van der Waals surface area contributed by atoms with E-state index in [1.165, 1.54) is 34.9 Å². The average Bonchev–Trinajstić information content (AvgIpc) is 2.83. The largest absolute Gasteiger partial charge is 0.383 e. The quantitative estimate of drug-likeness (QED) is 0.444. The van der Waals surface area contributed by atoms with Gasteiger partial charge in [-0.2, -0.15) is 0 Å². The number of allylic oxidation sites excluding steroid dienone is 1. The van der Waals surface area contributed by atoms with E-state index in [0.29, 0.717) is 0 Å². The number of amidine groups is 1. The van der Waals surface area contributed by atoms with Crippen LogP contribution in [0.15, 0.2) is 30.3 Å². The summed E-state index contributed by atoms with van der Waals surface area (Å²) in [4.78, 5) is 0.849. The summed E-state index contributed by atoms with van der Waals surface area (Å²) in [6.07, 6.45) is 9.38. The number of thiophene rings is 1. The van der Waals surface area contributed by atoms with Crippen molar-refractivity contribution in [1.82, 2.24) is 0 Å². The van der Waals surface area contributed by atoms with Crippen molar-refractivity contribution in [3.63, 3.8) is 0 Å². The molecule has 1 heterocycles. The second-order valence-corrected chi connectivity index (χ2v) is 5.77. The molecule has 3 N–H and O–H groups in total. The molecule has 0 amide bonds. The van der Waals surface area contributed by atoms with Gasteiger partial charge in [0.15, 0.2) is 0 Å². The number of hydrogen-bond donors (Lipinski definition) is 2. The summed E-state index contributed by atoms with van der Waals surface area (Å²) in [5.41, 5.74) is 6.78. The van der Waals surface area contributed by atoms with E-state index in [9.17, 15) is 0 Å². The minimum Gasteiger partial charge on any atom is -0.383 e. The summed E-state index contributed by atoms with van der Waals surface area (Å²) in [5.74, 6) is 0.152. The summed E-state index contributed by atoms with van der Waals surface area (Å²) < 4.78 is 1.20. The van der Waals surface area contributed by atoms with Crippen LogP contribution in [0.2, 0.25) is 0 Å². The molecule has 0 bridgehead atoms. The Balaban J connectivity index is 2.20. The van der Waals surface area contributed by atoms with Crippen LogP contribution in [0.3, 0.4) is 0 Å². The lowest BCUT2D eigenvalue weighted by molar-refractivity contribution is 0.730. The highest BCUT2D eigenvalue weighted by atomic mass is 32.1. The molecule has 0 saturated carbocycles. The number of hydrogen-bond acceptors (Lipinski definition) is 2. The molecule has 1 aromatic carbocycles. The van der Waals surface area contributed by atoms with Crippen LogP contribution in [0.1, 0.15) is 43.0 Å². The fraction of sp³-hybridized carbons (Fsp3) is 0.312. The maximum atomic E-state index is 7.52. The van der Waals surface area contributed by atoms with Crippen LogP contribution in [0.25, 0.3) is 16.2 Å². The molecule has 0 aliphatic carbocycles. The van der Waals surface area contributed by atoms with E-state index in [-0.39, 0.29) is 5.84 Å². The van der Waals surface area contributed by atoms with Crippen molar-refractivity contribution < 1.29 is 0 Å². The Kier molecular flexibility index (Phi) is 4.74. The number of fused-ring (bicyclic) bond motifs is 1. The van der Waals surface area contributed by atoms with Crippen molar-refractivity contribution in [3.05, 3.63) is 40.8 Å². The predicted molar refractivity (Wildman–Crippen MR) is 86.0 cm³/mol. The zero-order valence-electron chi connectivity index (χ0n) is 11.3. The van der Waals surface area contributed by atoms with Gasteiger partial charge in [0.1, 0.15) is 5.84 Å². The van der Waals surface area contributed by atoms with Crippen molar-refractivity contribution in [3.8, 4) is 0 Å². The van der Waals surface area contributed by atoms with Crippen molar-refractivity contribution in [2.75, 3.05) is 0 Å². The molecule has 0 unspecified atom stereocenters. The molecule has 0 spiro atoms. The smallest absolute Gasteiger partial charge is 0.133 e. The van der Waals surface area contributed by atoms with E-state index >= 15 is 0 Å². The number of nitrogens with two attached hydrogens (primary N) is 1. The van der Waals surface area contributed by atoms with Crippen molar-refractivity contribution in [1.29, 1.82) is 5.41 Å². The first-order valence-corrected chi connectivity index (χ1v) is 7.57. The number of benzene rings is 1. The third-order valence-electron chi connectivity index (χ3n) is 3.13. The van der Waals surface area contributed by atoms with Gasteiger partial charge in [0.25, 0.3) is 0 Å². The zero-order chi connectivity index (χ0) is 13.7. The van der Waals surface area contributed by atoms with Crippen molar-refractivity contribution >= 4 is 33.3 Å². The fourth-order valence-electron chi connectivity index (χ4n) is 2.08. The minimum atomic E-state index is 0.152. The molecule has 2 aromatic rings. The molecule has 2 nitrogen and oxygen atoms in total. The molecule has 3 heteroatoms. The normalized spacial score (nSPS) is 11.4. The minimum absolute atomic E-state index is 0.152. The van der Waals surface area contributed by atoms with Crippen LogP contribution in [0, 0.1) is 5.41 Å². The van der Waals surface area contributed by atoms with Gasteiger partial charge in [-0.05, 0) is 30.5 Å². The van der Waals surface area contributed by atoms with Crippen LogP contribution in [-0.2, 0) is 0 Å². The van der Waals surface area contributed by atoms with E-state index in [2.05, 4.69) is 37.3 Å². The summed E-state index contributed by atoms with van der Waals surface area (Å²) in [7, 11) is 0. The Morgan fingerprint density at radius 1 is 1.37 bits per heavy atom. The van der Waals surface area contributed by atoms with E-state index in [4.69, 9.17) is 11.1 Å².